The highest BCUT2D eigenvalue weighted by molar-refractivity contribution is 7.99. The maximum Gasteiger partial charge on any atom is 0.234 e. The summed E-state index contributed by atoms with van der Waals surface area (Å²) in [6.07, 6.45) is 0. The number of hydrogen-bond donors (Lipinski definition) is 1. The van der Waals surface area contributed by atoms with Gasteiger partial charge in [0, 0.05) is 7.05 Å². The molecule has 3 aromatic rings. The first kappa shape index (κ1) is 19.5. The van der Waals surface area contributed by atoms with E-state index in [1.165, 1.54) is 11.8 Å². The molecule has 0 fully saturated rings. The number of hydrogen-bond acceptors (Lipinski definition) is 5. The number of anilines is 1. The van der Waals surface area contributed by atoms with Crippen LogP contribution in [0.1, 0.15) is 5.82 Å². The minimum Gasteiger partial charge on any atom is -0.486 e. The molecular weight excluding hydrogens is 407 g/mol. The van der Waals surface area contributed by atoms with E-state index in [0.29, 0.717) is 33.3 Å². The molecule has 1 amide bonds. The number of amides is 1. The monoisotopic (exact) mass is 422 g/mol. The molecule has 9 heteroatoms. The van der Waals surface area contributed by atoms with Gasteiger partial charge in [0.2, 0.25) is 5.91 Å². The Morgan fingerprint density at radius 1 is 1.15 bits per heavy atom. The average Bonchev–Trinajstić information content (AvgIpc) is 3.03. The van der Waals surface area contributed by atoms with E-state index in [2.05, 4.69) is 15.5 Å². The molecule has 1 N–H and O–H groups in total. The van der Waals surface area contributed by atoms with E-state index < -0.39 is 0 Å². The fraction of sp³-hybridized carbons (Fsp3) is 0.167. The lowest BCUT2D eigenvalue weighted by atomic mass is 10.3. The van der Waals surface area contributed by atoms with Gasteiger partial charge in [0.05, 0.1) is 21.5 Å². The molecule has 1 heterocycles. The zero-order chi connectivity index (χ0) is 19.2. The molecule has 0 atom stereocenters. The van der Waals surface area contributed by atoms with Gasteiger partial charge in [-0.15, -0.1) is 10.2 Å². The molecule has 0 bridgehead atoms. The number of para-hydroxylation sites is 1. The average molecular weight is 423 g/mol. The van der Waals surface area contributed by atoms with Crippen LogP contribution in [0, 0.1) is 0 Å². The highest BCUT2D eigenvalue weighted by Crippen LogP contribution is 2.29. The second-order valence-electron chi connectivity index (χ2n) is 5.50. The summed E-state index contributed by atoms with van der Waals surface area (Å²) in [4.78, 5) is 12.2. The van der Waals surface area contributed by atoms with E-state index >= 15 is 0 Å². The van der Waals surface area contributed by atoms with Crippen LogP contribution in [-0.4, -0.2) is 26.4 Å². The lowest BCUT2D eigenvalue weighted by Crippen LogP contribution is -2.15. The number of thioether (sulfide) groups is 1. The summed E-state index contributed by atoms with van der Waals surface area (Å²) >= 11 is 13.3. The molecule has 6 nitrogen and oxygen atoms in total. The van der Waals surface area contributed by atoms with Crippen molar-refractivity contribution in [2.45, 2.75) is 11.8 Å². The maximum absolute atomic E-state index is 12.2. The Morgan fingerprint density at radius 2 is 1.93 bits per heavy atom. The predicted molar refractivity (Wildman–Crippen MR) is 108 cm³/mol. The number of halogens is 2. The van der Waals surface area contributed by atoms with Gasteiger partial charge in [-0.3, -0.25) is 4.79 Å². The fourth-order valence-corrected chi connectivity index (χ4v) is 3.26. The van der Waals surface area contributed by atoms with Crippen LogP contribution in [0.25, 0.3) is 0 Å². The van der Waals surface area contributed by atoms with Crippen molar-refractivity contribution in [3.8, 4) is 5.75 Å². The molecule has 3 rings (SSSR count). The maximum atomic E-state index is 12.2. The van der Waals surface area contributed by atoms with Gasteiger partial charge in [0.25, 0.3) is 0 Å². The van der Waals surface area contributed by atoms with E-state index in [1.54, 1.807) is 22.8 Å². The van der Waals surface area contributed by atoms with Gasteiger partial charge in [0.15, 0.2) is 11.0 Å². The molecule has 2 aromatic carbocycles. The van der Waals surface area contributed by atoms with Crippen molar-refractivity contribution >= 4 is 46.6 Å². The molecule has 0 saturated heterocycles. The summed E-state index contributed by atoms with van der Waals surface area (Å²) in [5.41, 5.74) is 0.477. The van der Waals surface area contributed by atoms with Crippen LogP contribution in [-0.2, 0) is 18.4 Å². The fourth-order valence-electron chi connectivity index (χ4n) is 2.18. The van der Waals surface area contributed by atoms with Crippen molar-refractivity contribution in [2.75, 3.05) is 11.1 Å². The number of carbonyl (C=O) groups excluding carboxylic acids is 1. The van der Waals surface area contributed by atoms with Crippen LogP contribution >= 0.6 is 35.0 Å². The van der Waals surface area contributed by atoms with Gasteiger partial charge in [-0.25, -0.2) is 0 Å². The molecule has 0 spiro atoms. The molecule has 0 aliphatic heterocycles. The van der Waals surface area contributed by atoms with E-state index in [0.717, 1.165) is 5.75 Å². The number of nitrogens with zero attached hydrogens (tertiary/aromatic N) is 3. The van der Waals surface area contributed by atoms with E-state index in [-0.39, 0.29) is 11.7 Å². The highest BCUT2D eigenvalue weighted by Gasteiger charge is 2.13. The van der Waals surface area contributed by atoms with Crippen molar-refractivity contribution in [3.05, 3.63) is 64.4 Å². The third-order valence-corrected chi connectivity index (χ3v) is 5.43. The summed E-state index contributed by atoms with van der Waals surface area (Å²) in [5.74, 6) is 1.37. The Bertz CT molecular complexity index is 934. The highest BCUT2D eigenvalue weighted by atomic mass is 35.5. The summed E-state index contributed by atoms with van der Waals surface area (Å²) in [6, 6.07) is 14.5. The standard InChI is InChI=1S/C18H16Cl2N4O2S/c1-24-15(10-26-12-6-3-2-4-7-12)22-23-18(24)27-11-16(25)21-14-9-5-8-13(19)17(14)20/h2-9H,10-11H2,1H3,(H,21,25). The summed E-state index contributed by atoms with van der Waals surface area (Å²) in [7, 11) is 1.83. The number of rotatable bonds is 7. The number of aromatic nitrogens is 3. The Labute approximate surface area is 170 Å². The van der Waals surface area contributed by atoms with Gasteiger partial charge in [-0.1, -0.05) is 59.2 Å². The van der Waals surface area contributed by atoms with E-state index in [4.69, 9.17) is 27.9 Å². The summed E-state index contributed by atoms with van der Waals surface area (Å²) in [5, 5.41) is 12.3. The first-order chi connectivity index (χ1) is 13.0. The smallest absolute Gasteiger partial charge is 0.234 e. The predicted octanol–water partition coefficient (Wildman–Crippen LogP) is 4.43. The lowest BCUT2D eigenvalue weighted by Gasteiger charge is -2.08. The van der Waals surface area contributed by atoms with Gasteiger partial charge >= 0.3 is 0 Å². The van der Waals surface area contributed by atoms with Crippen LogP contribution in [0.3, 0.4) is 0 Å². The lowest BCUT2D eigenvalue weighted by molar-refractivity contribution is -0.113. The van der Waals surface area contributed by atoms with Crippen LogP contribution in [0.15, 0.2) is 53.7 Å². The molecule has 0 saturated carbocycles. The van der Waals surface area contributed by atoms with Crippen LogP contribution in [0.4, 0.5) is 5.69 Å². The molecule has 0 aliphatic rings. The SMILES string of the molecule is Cn1c(COc2ccccc2)nnc1SCC(=O)Nc1cccc(Cl)c1Cl. The first-order valence-corrected chi connectivity index (χ1v) is 9.71. The van der Waals surface area contributed by atoms with E-state index in [9.17, 15) is 4.79 Å². The Morgan fingerprint density at radius 3 is 2.70 bits per heavy atom. The van der Waals surface area contributed by atoms with Gasteiger partial charge in [0.1, 0.15) is 12.4 Å². The minimum atomic E-state index is -0.214. The second-order valence-corrected chi connectivity index (χ2v) is 7.23. The minimum absolute atomic E-state index is 0.161. The number of carbonyl (C=O) groups is 1. The topological polar surface area (TPSA) is 69.0 Å². The van der Waals surface area contributed by atoms with Gasteiger partial charge in [-0.05, 0) is 24.3 Å². The zero-order valence-electron chi connectivity index (χ0n) is 14.4. The molecule has 0 radical (unpaired) electrons. The first-order valence-electron chi connectivity index (χ1n) is 7.97. The third kappa shape index (κ3) is 5.15. The van der Waals surface area contributed by atoms with Crippen LogP contribution < -0.4 is 10.1 Å². The van der Waals surface area contributed by atoms with Crippen LogP contribution in [0.2, 0.25) is 10.0 Å². The van der Waals surface area contributed by atoms with Gasteiger partial charge in [-0.2, -0.15) is 0 Å². The Balaban J connectivity index is 1.54. The van der Waals surface area contributed by atoms with Crippen molar-refractivity contribution in [3.63, 3.8) is 0 Å². The van der Waals surface area contributed by atoms with E-state index in [1.807, 2.05) is 37.4 Å². The normalized spacial score (nSPS) is 10.6. The Hall–Kier alpha value is -2.22. The molecule has 0 aliphatic carbocycles. The number of ether oxygens (including phenoxy) is 1. The quantitative estimate of drug-likeness (QED) is 0.570. The summed E-state index contributed by atoms with van der Waals surface area (Å²) < 4.78 is 7.48. The van der Waals surface area contributed by atoms with Crippen molar-refractivity contribution in [2.24, 2.45) is 7.05 Å². The van der Waals surface area contributed by atoms with Crippen molar-refractivity contribution in [1.29, 1.82) is 0 Å². The molecular formula is C18H16Cl2N4O2S. The molecule has 140 valence electrons. The molecule has 1 aromatic heterocycles. The second kappa shape index (κ2) is 9.12. The van der Waals surface area contributed by atoms with Crippen LogP contribution in [0.5, 0.6) is 5.75 Å². The number of benzene rings is 2. The molecule has 27 heavy (non-hydrogen) atoms. The van der Waals surface area contributed by atoms with Crippen molar-refractivity contribution in [1.82, 2.24) is 14.8 Å². The largest absolute Gasteiger partial charge is 0.486 e. The summed E-state index contributed by atoms with van der Waals surface area (Å²) in [6.45, 7) is 0.290. The zero-order valence-corrected chi connectivity index (χ0v) is 16.7. The van der Waals surface area contributed by atoms with Gasteiger partial charge < -0.3 is 14.6 Å². The molecule has 0 unspecified atom stereocenters. The Kier molecular flexibility index (Phi) is 6.60. The van der Waals surface area contributed by atoms with Crippen molar-refractivity contribution < 1.29 is 9.53 Å². The number of nitrogens with one attached hydrogen (secondary N) is 1. The third-order valence-electron chi connectivity index (χ3n) is 3.59.